The summed E-state index contributed by atoms with van der Waals surface area (Å²) in [5.74, 6) is -1.05. The number of piperidine rings is 1. The Balaban J connectivity index is 2.25. The van der Waals surface area contributed by atoms with Crippen molar-refractivity contribution in [3.63, 3.8) is 0 Å². The Morgan fingerprint density at radius 3 is 1.78 bits per heavy atom. The van der Waals surface area contributed by atoms with Crippen molar-refractivity contribution in [1.29, 1.82) is 0 Å². The summed E-state index contributed by atoms with van der Waals surface area (Å²) in [4.78, 5) is 26.6. The second-order valence-corrected chi connectivity index (χ2v) is 6.45. The first-order valence-electron chi connectivity index (χ1n) is 8.13. The van der Waals surface area contributed by atoms with E-state index in [1.54, 1.807) is 7.05 Å². The number of hydrogen-bond acceptors (Lipinski definition) is 2. The first-order valence-corrected chi connectivity index (χ1v) is 8.13. The van der Waals surface area contributed by atoms with Crippen LogP contribution in [0.25, 0.3) is 0 Å². The standard InChI is InChI=1S/C17H18F6N2O2/c1-10(26)24(2)14-3-5-25(6-4-14)15(27)11-7-12(16(18,19)20)9-13(8-11)17(21,22)23/h7-9,14H,3-6H2,1-2H3. The van der Waals surface area contributed by atoms with Crippen LogP contribution in [0, 0.1) is 0 Å². The number of hydrogen-bond donors (Lipinski definition) is 0. The molecule has 1 fully saturated rings. The third kappa shape index (κ3) is 4.92. The summed E-state index contributed by atoms with van der Waals surface area (Å²) in [6.07, 6.45) is -9.22. The zero-order valence-corrected chi connectivity index (χ0v) is 14.6. The Morgan fingerprint density at radius 2 is 1.41 bits per heavy atom. The van der Waals surface area contributed by atoms with Crippen molar-refractivity contribution in [2.24, 2.45) is 0 Å². The van der Waals surface area contributed by atoms with Crippen LogP contribution in [0.3, 0.4) is 0 Å². The van der Waals surface area contributed by atoms with Gasteiger partial charge in [0.25, 0.3) is 5.91 Å². The molecule has 1 aliphatic rings. The number of nitrogens with zero attached hydrogens (tertiary/aromatic N) is 2. The first-order chi connectivity index (χ1) is 12.3. The lowest BCUT2D eigenvalue weighted by Crippen LogP contribution is -2.46. The predicted molar refractivity (Wildman–Crippen MR) is 83.8 cm³/mol. The summed E-state index contributed by atoms with van der Waals surface area (Å²) in [7, 11) is 1.60. The summed E-state index contributed by atoms with van der Waals surface area (Å²) in [6.45, 7) is 1.66. The number of amides is 2. The van der Waals surface area contributed by atoms with Gasteiger partial charge in [-0.2, -0.15) is 26.3 Å². The largest absolute Gasteiger partial charge is 0.416 e. The van der Waals surface area contributed by atoms with E-state index in [1.807, 2.05) is 0 Å². The van der Waals surface area contributed by atoms with Crippen molar-refractivity contribution in [2.75, 3.05) is 20.1 Å². The molecule has 0 unspecified atom stereocenters. The van der Waals surface area contributed by atoms with E-state index in [0.29, 0.717) is 25.0 Å². The average Bonchev–Trinajstić information content (AvgIpc) is 2.58. The maximum Gasteiger partial charge on any atom is 0.416 e. The van der Waals surface area contributed by atoms with E-state index in [9.17, 15) is 35.9 Å². The highest BCUT2D eigenvalue weighted by Gasteiger charge is 2.38. The molecule has 0 aromatic heterocycles. The number of halogens is 6. The Labute approximate surface area is 151 Å². The van der Waals surface area contributed by atoms with Crippen molar-refractivity contribution in [3.8, 4) is 0 Å². The van der Waals surface area contributed by atoms with Crippen LogP contribution in [0.4, 0.5) is 26.3 Å². The van der Waals surface area contributed by atoms with Crippen molar-refractivity contribution in [1.82, 2.24) is 9.80 Å². The number of carbonyl (C=O) groups excluding carboxylic acids is 2. The van der Waals surface area contributed by atoms with Crippen LogP contribution in [0.15, 0.2) is 18.2 Å². The van der Waals surface area contributed by atoms with Gasteiger partial charge in [0.15, 0.2) is 0 Å². The second-order valence-electron chi connectivity index (χ2n) is 6.45. The quantitative estimate of drug-likeness (QED) is 0.714. The van der Waals surface area contributed by atoms with E-state index in [4.69, 9.17) is 0 Å². The molecule has 150 valence electrons. The zero-order valence-electron chi connectivity index (χ0n) is 14.6. The Kier molecular flexibility index (Phi) is 5.77. The Bertz CT molecular complexity index is 689. The van der Waals surface area contributed by atoms with E-state index in [2.05, 4.69) is 0 Å². The lowest BCUT2D eigenvalue weighted by Gasteiger charge is -2.36. The molecule has 27 heavy (non-hydrogen) atoms. The molecule has 1 saturated heterocycles. The van der Waals surface area contributed by atoms with Gasteiger partial charge in [-0.05, 0) is 31.0 Å². The van der Waals surface area contributed by atoms with Gasteiger partial charge in [-0.15, -0.1) is 0 Å². The SMILES string of the molecule is CC(=O)N(C)C1CCN(C(=O)c2cc(C(F)(F)F)cc(C(F)(F)F)c2)CC1. The zero-order chi connectivity index (χ0) is 20.6. The smallest absolute Gasteiger partial charge is 0.343 e. The molecule has 10 heteroatoms. The predicted octanol–water partition coefficient (Wildman–Crippen LogP) is 3.81. The Morgan fingerprint density at radius 1 is 0.963 bits per heavy atom. The van der Waals surface area contributed by atoms with Crippen molar-refractivity contribution in [3.05, 3.63) is 34.9 Å². The summed E-state index contributed by atoms with van der Waals surface area (Å²) >= 11 is 0. The summed E-state index contributed by atoms with van der Waals surface area (Å²) < 4.78 is 77.6. The minimum atomic E-state index is -5.01. The molecular formula is C17H18F6N2O2. The van der Waals surface area contributed by atoms with E-state index in [0.717, 1.165) is 0 Å². The third-order valence-corrected chi connectivity index (χ3v) is 4.63. The van der Waals surface area contributed by atoms with Gasteiger partial charge in [0, 0.05) is 38.7 Å². The van der Waals surface area contributed by atoms with Crippen molar-refractivity contribution in [2.45, 2.75) is 38.2 Å². The van der Waals surface area contributed by atoms with E-state index in [-0.39, 0.29) is 31.1 Å². The van der Waals surface area contributed by atoms with Crippen LogP contribution in [-0.2, 0) is 17.1 Å². The molecule has 0 spiro atoms. The van der Waals surface area contributed by atoms with Gasteiger partial charge >= 0.3 is 12.4 Å². The van der Waals surface area contributed by atoms with Crippen molar-refractivity contribution < 1.29 is 35.9 Å². The summed E-state index contributed by atoms with van der Waals surface area (Å²) in [5, 5.41) is 0. The number of carbonyl (C=O) groups is 2. The topological polar surface area (TPSA) is 40.6 Å². The van der Waals surface area contributed by atoms with Crippen LogP contribution in [0.2, 0.25) is 0 Å². The molecular weight excluding hydrogens is 378 g/mol. The van der Waals surface area contributed by atoms with E-state index >= 15 is 0 Å². The van der Waals surface area contributed by atoms with Gasteiger partial charge in [-0.3, -0.25) is 9.59 Å². The van der Waals surface area contributed by atoms with Gasteiger partial charge < -0.3 is 9.80 Å². The molecule has 1 aromatic carbocycles. The van der Waals surface area contributed by atoms with E-state index < -0.39 is 35.0 Å². The lowest BCUT2D eigenvalue weighted by atomic mass is 10.0. The number of benzene rings is 1. The molecule has 2 rings (SSSR count). The summed E-state index contributed by atoms with van der Waals surface area (Å²) in [6, 6.07) is 0.737. The molecule has 1 aliphatic heterocycles. The second kappa shape index (κ2) is 7.40. The molecule has 0 atom stereocenters. The minimum absolute atomic E-state index is 0.00909. The minimum Gasteiger partial charge on any atom is -0.343 e. The molecule has 0 aliphatic carbocycles. The fraction of sp³-hybridized carbons (Fsp3) is 0.529. The molecule has 4 nitrogen and oxygen atoms in total. The maximum absolute atomic E-state index is 12.9. The normalized spacial score (nSPS) is 16.4. The van der Waals surface area contributed by atoms with Gasteiger partial charge in [0.2, 0.25) is 5.91 Å². The van der Waals surface area contributed by atoms with Gasteiger partial charge in [0.05, 0.1) is 11.1 Å². The highest BCUT2D eigenvalue weighted by Crippen LogP contribution is 2.36. The van der Waals surface area contributed by atoms with Crippen LogP contribution in [0.1, 0.15) is 41.3 Å². The number of alkyl halides is 6. The van der Waals surface area contributed by atoms with Crippen LogP contribution in [-0.4, -0.2) is 47.8 Å². The molecule has 1 aromatic rings. The number of rotatable bonds is 2. The molecule has 0 bridgehead atoms. The van der Waals surface area contributed by atoms with E-state index in [1.165, 1.54) is 16.7 Å². The van der Waals surface area contributed by atoms with Gasteiger partial charge in [-0.1, -0.05) is 0 Å². The molecule has 0 saturated carbocycles. The summed E-state index contributed by atoms with van der Waals surface area (Å²) in [5.41, 5.74) is -3.70. The van der Waals surface area contributed by atoms with Crippen LogP contribution in [0.5, 0.6) is 0 Å². The van der Waals surface area contributed by atoms with Crippen LogP contribution >= 0.6 is 0 Å². The first kappa shape index (κ1) is 21.0. The fourth-order valence-electron chi connectivity index (χ4n) is 2.97. The Hall–Kier alpha value is -2.26. The molecule has 2 amide bonds. The van der Waals surface area contributed by atoms with Crippen molar-refractivity contribution >= 4 is 11.8 Å². The third-order valence-electron chi connectivity index (χ3n) is 4.63. The monoisotopic (exact) mass is 396 g/mol. The lowest BCUT2D eigenvalue weighted by molar-refractivity contribution is -0.143. The van der Waals surface area contributed by atoms with Crippen LogP contribution < -0.4 is 0 Å². The highest BCUT2D eigenvalue weighted by atomic mass is 19.4. The highest BCUT2D eigenvalue weighted by molar-refractivity contribution is 5.94. The fourth-order valence-corrected chi connectivity index (χ4v) is 2.97. The molecule has 0 N–H and O–H groups in total. The average molecular weight is 396 g/mol. The number of likely N-dealkylation sites (tertiary alicyclic amines) is 1. The molecule has 0 radical (unpaired) electrons. The van der Waals surface area contributed by atoms with Gasteiger partial charge in [0.1, 0.15) is 0 Å². The van der Waals surface area contributed by atoms with Gasteiger partial charge in [-0.25, -0.2) is 0 Å². The maximum atomic E-state index is 12.9. The molecule has 1 heterocycles.